The van der Waals surface area contributed by atoms with E-state index in [1.54, 1.807) is 24.6 Å². The van der Waals surface area contributed by atoms with Gasteiger partial charge in [0.05, 0.1) is 10.6 Å². The Morgan fingerprint density at radius 2 is 2.36 bits per heavy atom. The highest BCUT2D eigenvalue weighted by Gasteiger charge is 2.24. The van der Waals surface area contributed by atoms with E-state index in [9.17, 15) is 9.59 Å². The molecule has 2 unspecified atom stereocenters. The molecule has 0 spiro atoms. The number of thioether (sulfide) groups is 1. The van der Waals surface area contributed by atoms with Crippen LogP contribution in [0, 0.1) is 5.92 Å². The summed E-state index contributed by atoms with van der Waals surface area (Å²) < 4.78 is 0. The summed E-state index contributed by atoms with van der Waals surface area (Å²) in [5.41, 5.74) is 0.632. The fourth-order valence-electron chi connectivity index (χ4n) is 3.76. The van der Waals surface area contributed by atoms with Gasteiger partial charge in [-0.25, -0.2) is 9.97 Å². The van der Waals surface area contributed by atoms with E-state index in [-0.39, 0.29) is 0 Å². The monoisotopic (exact) mass is 404 g/mol. The van der Waals surface area contributed by atoms with E-state index in [0.29, 0.717) is 29.0 Å². The first-order chi connectivity index (χ1) is 13.7. The van der Waals surface area contributed by atoms with Crippen molar-refractivity contribution >= 4 is 36.1 Å². The average molecular weight is 405 g/mol. The van der Waals surface area contributed by atoms with Gasteiger partial charge in [-0.15, -0.1) is 11.8 Å². The third kappa shape index (κ3) is 6.02. The molecule has 9 heteroatoms. The van der Waals surface area contributed by atoms with Gasteiger partial charge >= 0.3 is 0 Å². The highest BCUT2D eigenvalue weighted by molar-refractivity contribution is 8.03. The van der Waals surface area contributed by atoms with Gasteiger partial charge in [-0.3, -0.25) is 14.9 Å². The molecule has 8 nitrogen and oxygen atoms in total. The summed E-state index contributed by atoms with van der Waals surface area (Å²) in [6.45, 7) is 5.56. The lowest BCUT2D eigenvalue weighted by atomic mass is 10.0. The Hall–Kier alpha value is -1.97. The largest absolute Gasteiger partial charge is 0.350 e. The number of aromatic nitrogens is 2. The van der Waals surface area contributed by atoms with Gasteiger partial charge in [-0.05, 0) is 63.2 Å². The third-order valence-electron chi connectivity index (χ3n) is 5.11. The highest BCUT2D eigenvalue weighted by Crippen LogP contribution is 2.19. The van der Waals surface area contributed by atoms with E-state index in [0.717, 1.165) is 45.1 Å². The Labute approximate surface area is 169 Å². The van der Waals surface area contributed by atoms with Gasteiger partial charge in [0, 0.05) is 25.3 Å². The van der Waals surface area contributed by atoms with E-state index >= 15 is 0 Å². The zero-order valence-electron chi connectivity index (χ0n) is 16.2. The number of nitrogens with one attached hydrogen (secondary N) is 3. The molecule has 2 fully saturated rings. The number of piperidine rings is 1. The van der Waals surface area contributed by atoms with Gasteiger partial charge in [0.2, 0.25) is 12.4 Å². The van der Waals surface area contributed by atoms with E-state index in [2.05, 4.69) is 30.8 Å². The van der Waals surface area contributed by atoms with Crippen LogP contribution in [0.25, 0.3) is 6.08 Å². The van der Waals surface area contributed by atoms with Crippen LogP contribution >= 0.6 is 11.8 Å². The Morgan fingerprint density at radius 1 is 1.46 bits per heavy atom. The molecule has 0 aliphatic carbocycles. The molecule has 3 heterocycles. The second-order valence-electron chi connectivity index (χ2n) is 7.21. The minimum Gasteiger partial charge on any atom is -0.350 e. The molecule has 152 valence electrons. The van der Waals surface area contributed by atoms with Crippen LogP contribution in [0.4, 0.5) is 5.95 Å². The Bertz CT molecular complexity index is 707. The average Bonchev–Trinajstić information content (AvgIpc) is 3.20. The lowest BCUT2D eigenvalue weighted by Gasteiger charge is -2.34. The maximum absolute atomic E-state index is 11.9. The molecule has 3 rings (SSSR count). The van der Waals surface area contributed by atoms with E-state index < -0.39 is 5.91 Å². The summed E-state index contributed by atoms with van der Waals surface area (Å²) in [6, 6.07) is 2.07. The minimum atomic E-state index is -0.431. The van der Waals surface area contributed by atoms with Gasteiger partial charge in [0.1, 0.15) is 0 Å². The van der Waals surface area contributed by atoms with Crippen LogP contribution in [-0.4, -0.2) is 72.2 Å². The van der Waals surface area contributed by atoms with Crippen molar-refractivity contribution in [2.45, 2.75) is 25.3 Å². The van der Waals surface area contributed by atoms with Crippen LogP contribution in [0.3, 0.4) is 0 Å². The number of nitrogens with zero attached hydrogens (tertiary/aromatic N) is 3. The fraction of sp³-hybridized carbons (Fsp3) is 0.579. The first kappa shape index (κ1) is 20.8. The van der Waals surface area contributed by atoms with E-state index in [1.807, 2.05) is 0 Å². The number of imide groups is 1. The minimum absolute atomic E-state index is 0.320. The van der Waals surface area contributed by atoms with Gasteiger partial charge < -0.3 is 15.5 Å². The van der Waals surface area contributed by atoms with Gasteiger partial charge in [0.15, 0.2) is 0 Å². The van der Waals surface area contributed by atoms with Gasteiger partial charge in [-0.1, -0.05) is 0 Å². The molecule has 1 aromatic heterocycles. The van der Waals surface area contributed by atoms with Crippen molar-refractivity contribution in [1.29, 1.82) is 0 Å². The predicted octanol–water partition coefficient (Wildman–Crippen LogP) is 0.939. The SMILES string of the molecule is CS/C(=C\c1ccnc(NC2CCCN(CC3CCNC3)C2)n1)C(=O)NC=O. The highest BCUT2D eigenvalue weighted by atomic mass is 32.2. The fourth-order valence-corrected chi connectivity index (χ4v) is 4.24. The Kier molecular flexibility index (Phi) is 7.81. The second kappa shape index (κ2) is 10.5. The zero-order valence-corrected chi connectivity index (χ0v) is 17.0. The topological polar surface area (TPSA) is 99.2 Å². The molecule has 2 aliphatic rings. The summed E-state index contributed by atoms with van der Waals surface area (Å²) in [7, 11) is 0. The molecule has 0 saturated carbocycles. The zero-order chi connectivity index (χ0) is 19.8. The lowest BCUT2D eigenvalue weighted by Crippen LogP contribution is -2.44. The number of carbonyl (C=O) groups excluding carboxylic acids is 2. The number of rotatable bonds is 8. The maximum Gasteiger partial charge on any atom is 0.264 e. The molecule has 0 bridgehead atoms. The number of anilines is 1. The number of carbonyl (C=O) groups is 2. The Morgan fingerprint density at radius 3 is 3.11 bits per heavy atom. The van der Waals surface area contributed by atoms with Crippen molar-refractivity contribution in [3.63, 3.8) is 0 Å². The molecular weight excluding hydrogens is 376 g/mol. The number of likely N-dealkylation sites (tertiary alicyclic amines) is 1. The number of amides is 2. The van der Waals surface area contributed by atoms with Crippen molar-refractivity contribution in [2.24, 2.45) is 5.92 Å². The molecule has 1 aromatic rings. The Balaban J connectivity index is 1.60. The van der Waals surface area contributed by atoms with Gasteiger partial charge in [-0.2, -0.15) is 0 Å². The summed E-state index contributed by atoms with van der Waals surface area (Å²) >= 11 is 1.27. The summed E-state index contributed by atoms with van der Waals surface area (Å²) in [5, 5.41) is 9.04. The van der Waals surface area contributed by atoms with Crippen LogP contribution in [0.15, 0.2) is 17.2 Å². The molecule has 2 amide bonds. The molecule has 3 N–H and O–H groups in total. The van der Waals surface area contributed by atoms with E-state index in [1.165, 1.54) is 24.6 Å². The van der Waals surface area contributed by atoms with Crippen molar-refractivity contribution in [2.75, 3.05) is 44.3 Å². The smallest absolute Gasteiger partial charge is 0.264 e. The van der Waals surface area contributed by atoms with Crippen molar-refractivity contribution in [3.05, 3.63) is 22.9 Å². The van der Waals surface area contributed by atoms with Crippen molar-refractivity contribution in [1.82, 2.24) is 25.5 Å². The quantitative estimate of drug-likeness (QED) is 0.435. The molecule has 2 atom stereocenters. The maximum atomic E-state index is 11.9. The molecule has 2 aliphatic heterocycles. The lowest BCUT2D eigenvalue weighted by molar-refractivity contribution is -0.121. The first-order valence-corrected chi connectivity index (χ1v) is 10.9. The second-order valence-corrected chi connectivity index (χ2v) is 8.06. The van der Waals surface area contributed by atoms with Crippen molar-refractivity contribution in [3.8, 4) is 0 Å². The van der Waals surface area contributed by atoms with Crippen LogP contribution in [0.1, 0.15) is 25.0 Å². The predicted molar refractivity (Wildman–Crippen MR) is 112 cm³/mol. The van der Waals surface area contributed by atoms with Crippen molar-refractivity contribution < 1.29 is 9.59 Å². The molecule has 0 radical (unpaired) electrons. The normalized spacial score (nSPS) is 23.4. The molecule has 2 saturated heterocycles. The first-order valence-electron chi connectivity index (χ1n) is 9.70. The molecule has 0 aromatic carbocycles. The number of hydrogen-bond acceptors (Lipinski definition) is 8. The van der Waals surface area contributed by atoms with Crippen LogP contribution in [0.2, 0.25) is 0 Å². The van der Waals surface area contributed by atoms with Gasteiger partial charge in [0.25, 0.3) is 5.91 Å². The summed E-state index contributed by atoms with van der Waals surface area (Å²) in [6.07, 6.45) is 9.04. The third-order valence-corrected chi connectivity index (χ3v) is 5.85. The van der Waals surface area contributed by atoms with Crippen LogP contribution in [0.5, 0.6) is 0 Å². The standard InChI is InChI=1S/C19H28N6O2S/c1-28-17(18(27)22-13-26)9-15-5-7-21-19(23-15)24-16-3-2-8-25(12-16)11-14-4-6-20-10-14/h5,7,9,13-14,16,20H,2-4,6,8,10-12H2,1H3,(H,21,23,24)(H,22,26,27)/b17-9-. The van der Waals surface area contributed by atoms with Crippen LogP contribution in [-0.2, 0) is 9.59 Å². The van der Waals surface area contributed by atoms with Crippen LogP contribution < -0.4 is 16.0 Å². The number of hydrogen-bond donors (Lipinski definition) is 3. The molecule has 28 heavy (non-hydrogen) atoms. The summed E-state index contributed by atoms with van der Waals surface area (Å²) in [5.74, 6) is 0.894. The van der Waals surface area contributed by atoms with E-state index in [4.69, 9.17) is 0 Å². The summed E-state index contributed by atoms with van der Waals surface area (Å²) in [4.78, 5) is 34.2. The molecular formula is C19H28N6O2S.